The summed E-state index contributed by atoms with van der Waals surface area (Å²) in [5, 5.41) is 28.4. The number of anilines is 2. The molecular formula is C15H9F3N4O3. The molecule has 0 aliphatic carbocycles. The van der Waals surface area contributed by atoms with Crippen molar-refractivity contribution in [2.75, 3.05) is 5.32 Å². The van der Waals surface area contributed by atoms with Gasteiger partial charge in [-0.05, 0) is 24.3 Å². The van der Waals surface area contributed by atoms with E-state index in [9.17, 15) is 28.2 Å². The van der Waals surface area contributed by atoms with E-state index in [0.717, 1.165) is 18.2 Å². The maximum Gasteiger partial charge on any atom is 0.416 e. The third-order valence-electron chi connectivity index (χ3n) is 3.31. The smallest absolute Gasteiger partial charge is 0.416 e. The van der Waals surface area contributed by atoms with Gasteiger partial charge in [-0.2, -0.15) is 18.3 Å². The maximum absolute atomic E-state index is 12.8. The molecule has 0 spiro atoms. The standard InChI is InChI=1S/C15H9F3N4O3/c16-15(17,18)7-2-1-3-8(4-7)20-12-10(14(24)25)5-9-11(21-12)6-19-22-13(9)23/h1-6H,(H,20,21)(H,22,23)(H,24,25). The molecule has 0 aliphatic rings. The van der Waals surface area contributed by atoms with Crippen LogP contribution >= 0.6 is 0 Å². The van der Waals surface area contributed by atoms with Crippen LogP contribution in [0.3, 0.4) is 0 Å². The highest BCUT2D eigenvalue weighted by molar-refractivity contribution is 5.99. The third-order valence-corrected chi connectivity index (χ3v) is 3.31. The van der Waals surface area contributed by atoms with E-state index in [-0.39, 0.29) is 28.0 Å². The van der Waals surface area contributed by atoms with E-state index in [2.05, 4.69) is 20.5 Å². The summed E-state index contributed by atoms with van der Waals surface area (Å²) in [5.74, 6) is -2.06. The molecule has 3 rings (SSSR count). The molecule has 0 radical (unpaired) electrons. The number of aromatic hydroxyl groups is 1. The molecule has 25 heavy (non-hydrogen) atoms. The van der Waals surface area contributed by atoms with Crippen molar-refractivity contribution >= 4 is 28.4 Å². The Bertz CT molecular complexity index is 976. The van der Waals surface area contributed by atoms with Crippen LogP contribution in [-0.4, -0.2) is 31.4 Å². The van der Waals surface area contributed by atoms with Crippen molar-refractivity contribution in [3.8, 4) is 5.88 Å². The molecule has 0 saturated carbocycles. The number of fused-ring (bicyclic) bond motifs is 1. The second kappa shape index (κ2) is 5.89. The fraction of sp³-hybridized carbons (Fsp3) is 0.0667. The van der Waals surface area contributed by atoms with Gasteiger partial charge in [0.05, 0.1) is 22.7 Å². The second-order valence-corrected chi connectivity index (χ2v) is 4.99. The molecule has 3 aromatic rings. The lowest BCUT2D eigenvalue weighted by Gasteiger charge is -2.12. The van der Waals surface area contributed by atoms with Gasteiger partial charge in [-0.1, -0.05) is 6.07 Å². The molecular weight excluding hydrogens is 341 g/mol. The number of hydrogen-bond acceptors (Lipinski definition) is 6. The van der Waals surface area contributed by atoms with E-state index in [1.54, 1.807) is 0 Å². The minimum absolute atomic E-state index is 0.00964. The van der Waals surface area contributed by atoms with Gasteiger partial charge in [0.1, 0.15) is 11.4 Å². The number of nitrogens with zero attached hydrogens (tertiary/aromatic N) is 3. The Kier molecular flexibility index (Phi) is 3.87. The Labute approximate surface area is 137 Å². The zero-order valence-corrected chi connectivity index (χ0v) is 12.2. The van der Waals surface area contributed by atoms with Crippen LogP contribution < -0.4 is 5.32 Å². The molecule has 0 fully saturated rings. The summed E-state index contributed by atoms with van der Waals surface area (Å²) in [7, 11) is 0. The Balaban J connectivity index is 2.09. The van der Waals surface area contributed by atoms with Crippen molar-refractivity contribution in [2.45, 2.75) is 6.18 Å². The fourth-order valence-electron chi connectivity index (χ4n) is 2.17. The number of benzene rings is 1. The Hall–Kier alpha value is -3.43. The molecule has 2 aromatic heterocycles. The summed E-state index contributed by atoms with van der Waals surface area (Å²) < 4.78 is 38.4. The van der Waals surface area contributed by atoms with Crippen LogP contribution in [0, 0.1) is 0 Å². The summed E-state index contributed by atoms with van der Waals surface area (Å²) in [4.78, 5) is 15.4. The van der Waals surface area contributed by atoms with Gasteiger partial charge in [0.15, 0.2) is 0 Å². The molecule has 0 unspecified atom stereocenters. The fourth-order valence-corrected chi connectivity index (χ4v) is 2.17. The quantitative estimate of drug-likeness (QED) is 0.666. The summed E-state index contributed by atoms with van der Waals surface area (Å²) in [6.07, 6.45) is -3.34. The summed E-state index contributed by atoms with van der Waals surface area (Å²) >= 11 is 0. The van der Waals surface area contributed by atoms with Gasteiger partial charge in [0.2, 0.25) is 5.88 Å². The number of aromatic nitrogens is 3. The topological polar surface area (TPSA) is 108 Å². The molecule has 2 heterocycles. The predicted molar refractivity (Wildman–Crippen MR) is 80.7 cm³/mol. The molecule has 0 atom stereocenters. The molecule has 3 N–H and O–H groups in total. The van der Waals surface area contributed by atoms with Gasteiger partial charge in [-0.15, -0.1) is 5.10 Å². The van der Waals surface area contributed by atoms with E-state index in [0.29, 0.717) is 0 Å². The molecule has 1 aromatic carbocycles. The van der Waals surface area contributed by atoms with Gasteiger partial charge in [-0.25, -0.2) is 9.78 Å². The van der Waals surface area contributed by atoms with E-state index in [4.69, 9.17) is 0 Å². The van der Waals surface area contributed by atoms with Crippen molar-refractivity contribution < 1.29 is 28.2 Å². The van der Waals surface area contributed by atoms with Crippen LogP contribution in [0.2, 0.25) is 0 Å². The number of rotatable bonds is 3. The minimum atomic E-state index is -4.54. The van der Waals surface area contributed by atoms with Crippen LogP contribution in [0.15, 0.2) is 36.5 Å². The van der Waals surface area contributed by atoms with E-state index < -0.39 is 23.6 Å². The van der Waals surface area contributed by atoms with Crippen molar-refractivity contribution in [1.29, 1.82) is 0 Å². The molecule has 0 bridgehead atoms. The highest BCUT2D eigenvalue weighted by Gasteiger charge is 2.30. The lowest BCUT2D eigenvalue weighted by atomic mass is 10.1. The Morgan fingerprint density at radius 3 is 2.64 bits per heavy atom. The van der Waals surface area contributed by atoms with Crippen LogP contribution in [-0.2, 0) is 6.18 Å². The molecule has 7 nitrogen and oxygen atoms in total. The summed E-state index contributed by atoms with van der Waals surface area (Å²) in [6, 6.07) is 5.37. The van der Waals surface area contributed by atoms with Crippen LogP contribution in [0.25, 0.3) is 10.9 Å². The molecule has 10 heteroatoms. The highest BCUT2D eigenvalue weighted by Crippen LogP contribution is 2.32. The second-order valence-electron chi connectivity index (χ2n) is 4.99. The first-order valence-corrected chi connectivity index (χ1v) is 6.78. The zero-order valence-electron chi connectivity index (χ0n) is 12.2. The van der Waals surface area contributed by atoms with Gasteiger partial charge in [-0.3, -0.25) is 0 Å². The molecule has 0 saturated heterocycles. The van der Waals surface area contributed by atoms with Crippen LogP contribution in [0.5, 0.6) is 5.88 Å². The number of carbonyl (C=O) groups is 1. The van der Waals surface area contributed by atoms with E-state index in [1.165, 1.54) is 18.3 Å². The molecule has 128 valence electrons. The van der Waals surface area contributed by atoms with Crippen molar-refractivity contribution in [1.82, 2.24) is 15.2 Å². The van der Waals surface area contributed by atoms with Crippen molar-refractivity contribution in [2.24, 2.45) is 0 Å². The molecule has 0 aliphatic heterocycles. The number of pyridine rings is 1. The lowest BCUT2D eigenvalue weighted by Crippen LogP contribution is -2.08. The largest absolute Gasteiger partial charge is 0.492 e. The van der Waals surface area contributed by atoms with E-state index >= 15 is 0 Å². The SMILES string of the molecule is O=C(O)c1cc2c(O)nncc2nc1Nc1cccc(C(F)(F)F)c1. The van der Waals surface area contributed by atoms with Gasteiger partial charge >= 0.3 is 12.1 Å². The average molecular weight is 350 g/mol. The van der Waals surface area contributed by atoms with Gasteiger partial charge in [0.25, 0.3) is 0 Å². The molecule has 0 amide bonds. The number of carboxylic acids is 1. The average Bonchev–Trinajstić information content (AvgIpc) is 2.54. The van der Waals surface area contributed by atoms with Gasteiger partial charge in [0, 0.05) is 5.69 Å². The number of nitrogens with one attached hydrogen (secondary N) is 1. The van der Waals surface area contributed by atoms with Gasteiger partial charge < -0.3 is 15.5 Å². The Morgan fingerprint density at radius 2 is 1.96 bits per heavy atom. The number of carboxylic acid groups (broad SMARTS) is 1. The van der Waals surface area contributed by atoms with Crippen LogP contribution in [0.1, 0.15) is 15.9 Å². The first kappa shape index (κ1) is 16.4. The summed E-state index contributed by atoms with van der Waals surface area (Å²) in [6.45, 7) is 0. The minimum Gasteiger partial charge on any atom is -0.492 e. The number of aromatic carboxylic acids is 1. The maximum atomic E-state index is 12.8. The lowest BCUT2D eigenvalue weighted by molar-refractivity contribution is -0.137. The predicted octanol–water partition coefficient (Wildman–Crippen LogP) is 3.19. The van der Waals surface area contributed by atoms with E-state index in [1.807, 2.05) is 0 Å². The van der Waals surface area contributed by atoms with Crippen molar-refractivity contribution in [3.63, 3.8) is 0 Å². The monoisotopic (exact) mass is 350 g/mol. The summed E-state index contributed by atoms with van der Waals surface area (Å²) in [5.41, 5.74) is -1.09. The number of halogens is 3. The zero-order chi connectivity index (χ0) is 18.2. The normalized spacial score (nSPS) is 11.5. The number of alkyl halides is 3. The first-order valence-electron chi connectivity index (χ1n) is 6.78. The number of hydrogen-bond donors (Lipinski definition) is 3. The first-order chi connectivity index (χ1) is 11.8. The third kappa shape index (κ3) is 3.27. The van der Waals surface area contributed by atoms with Crippen LogP contribution in [0.4, 0.5) is 24.7 Å². The van der Waals surface area contributed by atoms with Crippen molar-refractivity contribution in [3.05, 3.63) is 47.7 Å². The Morgan fingerprint density at radius 1 is 1.20 bits per heavy atom. The highest BCUT2D eigenvalue weighted by atomic mass is 19.4.